The molecule has 0 saturated heterocycles. The molecular weight excluding hydrogens is 221 g/mol. The lowest BCUT2D eigenvalue weighted by molar-refractivity contribution is 0.440. The van der Waals surface area contributed by atoms with Crippen LogP contribution < -0.4 is 5.73 Å². The molecule has 0 saturated carbocycles. The van der Waals surface area contributed by atoms with Crippen LogP contribution in [0.5, 0.6) is 5.75 Å². The largest absolute Gasteiger partial charge is 0.506 e. The molecule has 0 unspecified atom stereocenters. The average molecular weight is 234 g/mol. The molecule has 4 heteroatoms. The van der Waals surface area contributed by atoms with Gasteiger partial charge >= 0.3 is 0 Å². The van der Waals surface area contributed by atoms with Gasteiger partial charge in [-0.1, -0.05) is 37.0 Å². The summed E-state index contributed by atoms with van der Waals surface area (Å²) >= 11 is 11.6. The van der Waals surface area contributed by atoms with Gasteiger partial charge in [-0.15, -0.1) is 0 Å². The summed E-state index contributed by atoms with van der Waals surface area (Å²) < 4.78 is 0. The molecule has 2 nitrogen and oxygen atoms in total. The third kappa shape index (κ3) is 2.32. The van der Waals surface area contributed by atoms with Gasteiger partial charge in [0.1, 0.15) is 5.75 Å². The molecule has 3 N–H and O–H groups in total. The molecule has 0 bridgehead atoms. The second-order valence-electron chi connectivity index (χ2n) is 3.60. The molecule has 0 aliphatic carbocycles. The van der Waals surface area contributed by atoms with Crippen molar-refractivity contribution in [3.63, 3.8) is 0 Å². The first-order chi connectivity index (χ1) is 6.43. The van der Waals surface area contributed by atoms with E-state index in [1.807, 2.05) is 13.8 Å². The minimum absolute atomic E-state index is 0.0252. The van der Waals surface area contributed by atoms with E-state index in [2.05, 4.69) is 0 Å². The Hall–Kier alpha value is -0.440. The second-order valence-corrected chi connectivity index (χ2v) is 4.44. The maximum atomic E-state index is 9.67. The predicted molar refractivity (Wildman–Crippen MR) is 59.9 cm³/mol. The Balaban J connectivity index is 3.20. The summed E-state index contributed by atoms with van der Waals surface area (Å²) in [7, 11) is 0. The lowest BCUT2D eigenvalue weighted by Crippen LogP contribution is -2.16. The van der Waals surface area contributed by atoms with Crippen LogP contribution in [0.1, 0.15) is 25.5 Å². The van der Waals surface area contributed by atoms with E-state index in [1.54, 1.807) is 6.07 Å². The fourth-order valence-electron chi connectivity index (χ4n) is 1.20. The van der Waals surface area contributed by atoms with Crippen molar-refractivity contribution >= 4 is 23.2 Å². The number of hydrogen-bond acceptors (Lipinski definition) is 2. The van der Waals surface area contributed by atoms with Crippen molar-refractivity contribution in [2.24, 2.45) is 11.7 Å². The van der Waals surface area contributed by atoms with E-state index < -0.39 is 0 Å². The molecule has 0 heterocycles. The van der Waals surface area contributed by atoms with Gasteiger partial charge in [-0.05, 0) is 18.1 Å². The molecule has 0 fully saturated rings. The number of nitrogens with two attached hydrogens (primary N) is 1. The van der Waals surface area contributed by atoms with E-state index in [-0.39, 0.29) is 22.7 Å². The Kier molecular flexibility index (Phi) is 3.65. The van der Waals surface area contributed by atoms with E-state index in [9.17, 15) is 5.11 Å². The molecule has 78 valence electrons. The highest BCUT2D eigenvalue weighted by Gasteiger charge is 2.17. The minimum atomic E-state index is -0.258. The van der Waals surface area contributed by atoms with Gasteiger partial charge in [-0.25, -0.2) is 0 Å². The van der Waals surface area contributed by atoms with Crippen LogP contribution in [0.3, 0.4) is 0 Å². The number of phenolic OH excluding ortho intramolecular Hbond substituents is 1. The molecule has 0 aromatic heterocycles. The lowest BCUT2D eigenvalue weighted by atomic mass is 9.96. The third-order valence-electron chi connectivity index (χ3n) is 2.14. The summed E-state index contributed by atoms with van der Waals surface area (Å²) in [4.78, 5) is 0. The van der Waals surface area contributed by atoms with Crippen LogP contribution in [0.2, 0.25) is 10.0 Å². The standard InChI is InChI=1S/C10H13Cl2NO/c1-5(2)9(13)7-3-6(11)4-8(12)10(7)14/h3-5,9,14H,13H2,1-2H3/t9-/m1/s1. The predicted octanol–water partition coefficient (Wildman–Crippen LogP) is 3.35. The van der Waals surface area contributed by atoms with Crippen LogP contribution in [0.15, 0.2) is 12.1 Å². The second kappa shape index (κ2) is 4.39. The minimum Gasteiger partial charge on any atom is -0.506 e. The first-order valence-electron chi connectivity index (χ1n) is 4.37. The normalized spacial score (nSPS) is 13.3. The Bertz CT molecular complexity index is 339. The van der Waals surface area contributed by atoms with Gasteiger partial charge in [0, 0.05) is 16.6 Å². The van der Waals surface area contributed by atoms with Crippen molar-refractivity contribution < 1.29 is 5.11 Å². The third-order valence-corrected chi connectivity index (χ3v) is 2.64. The summed E-state index contributed by atoms with van der Waals surface area (Å²) in [5, 5.41) is 10.4. The van der Waals surface area contributed by atoms with Crippen LogP contribution in [-0.2, 0) is 0 Å². The van der Waals surface area contributed by atoms with E-state index in [0.29, 0.717) is 10.6 Å². The molecule has 0 spiro atoms. The SMILES string of the molecule is CC(C)[C@@H](N)c1cc(Cl)cc(Cl)c1O. The summed E-state index contributed by atoms with van der Waals surface area (Å²) in [6.45, 7) is 3.94. The number of hydrogen-bond donors (Lipinski definition) is 2. The smallest absolute Gasteiger partial charge is 0.139 e. The van der Waals surface area contributed by atoms with Crippen molar-refractivity contribution in [2.45, 2.75) is 19.9 Å². The van der Waals surface area contributed by atoms with Crippen LogP contribution >= 0.6 is 23.2 Å². The molecule has 0 aliphatic rings. The van der Waals surface area contributed by atoms with E-state index >= 15 is 0 Å². The molecule has 14 heavy (non-hydrogen) atoms. The zero-order valence-electron chi connectivity index (χ0n) is 8.09. The zero-order chi connectivity index (χ0) is 10.9. The molecule has 0 amide bonds. The highest BCUT2D eigenvalue weighted by Crippen LogP contribution is 2.36. The first-order valence-corrected chi connectivity index (χ1v) is 5.12. The molecule has 1 atom stereocenters. The van der Waals surface area contributed by atoms with Crippen LogP contribution in [-0.4, -0.2) is 5.11 Å². The van der Waals surface area contributed by atoms with Crippen LogP contribution in [0.25, 0.3) is 0 Å². The zero-order valence-corrected chi connectivity index (χ0v) is 9.60. The molecule has 1 aromatic rings. The molecule has 1 rings (SSSR count). The molecule has 0 aliphatic heterocycles. The monoisotopic (exact) mass is 233 g/mol. The fourth-order valence-corrected chi connectivity index (χ4v) is 1.71. The molecular formula is C10H13Cl2NO. The number of rotatable bonds is 2. The number of aromatic hydroxyl groups is 1. The summed E-state index contributed by atoms with van der Waals surface area (Å²) in [5.74, 6) is 0.243. The van der Waals surface area contributed by atoms with E-state index in [1.165, 1.54) is 6.07 Å². The van der Waals surface area contributed by atoms with Gasteiger partial charge in [0.05, 0.1) is 5.02 Å². The lowest BCUT2D eigenvalue weighted by Gasteiger charge is -2.18. The van der Waals surface area contributed by atoms with Crippen molar-refractivity contribution in [1.82, 2.24) is 0 Å². The maximum absolute atomic E-state index is 9.67. The Morgan fingerprint density at radius 1 is 1.29 bits per heavy atom. The average Bonchev–Trinajstić information content (AvgIpc) is 2.09. The van der Waals surface area contributed by atoms with Crippen molar-refractivity contribution in [3.05, 3.63) is 27.7 Å². The summed E-state index contributed by atoms with van der Waals surface area (Å²) in [6, 6.07) is 2.88. The quantitative estimate of drug-likeness (QED) is 0.824. The van der Waals surface area contributed by atoms with Gasteiger partial charge in [-0.2, -0.15) is 0 Å². The van der Waals surface area contributed by atoms with Crippen molar-refractivity contribution in [3.8, 4) is 5.75 Å². The summed E-state index contributed by atoms with van der Waals surface area (Å²) in [5.41, 5.74) is 6.49. The van der Waals surface area contributed by atoms with Gasteiger partial charge in [0.2, 0.25) is 0 Å². The van der Waals surface area contributed by atoms with Gasteiger partial charge in [-0.3, -0.25) is 0 Å². The topological polar surface area (TPSA) is 46.2 Å². The summed E-state index contributed by atoms with van der Waals surface area (Å²) in [6.07, 6.45) is 0. The van der Waals surface area contributed by atoms with Gasteiger partial charge in [0.15, 0.2) is 0 Å². The number of benzene rings is 1. The van der Waals surface area contributed by atoms with Gasteiger partial charge in [0.25, 0.3) is 0 Å². The maximum Gasteiger partial charge on any atom is 0.139 e. The van der Waals surface area contributed by atoms with Crippen molar-refractivity contribution in [1.29, 1.82) is 0 Å². The Morgan fingerprint density at radius 3 is 2.36 bits per heavy atom. The fraction of sp³-hybridized carbons (Fsp3) is 0.400. The first kappa shape index (κ1) is 11.6. The Morgan fingerprint density at radius 2 is 1.86 bits per heavy atom. The van der Waals surface area contributed by atoms with Crippen LogP contribution in [0.4, 0.5) is 0 Å². The van der Waals surface area contributed by atoms with E-state index in [0.717, 1.165) is 0 Å². The highest BCUT2D eigenvalue weighted by molar-refractivity contribution is 6.35. The Labute approximate surface area is 93.6 Å². The van der Waals surface area contributed by atoms with Crippen LogP contribution in [0, 0.1) is 5.92 Å². The highest BCUT2D eigenvalue weighted by atomic mass is 35.5. The van der Waals surface area contributed by atoms with Gasteiger partial charge < -0.3 is 10.8 Å². The number of halogens is 2. The number of phenols is 1. The molecule has 0 radical (unpaired) electrons. The van der Waals surface area contributed by atoms with Crippen molar-refractivity contribution in [2.75, 3.05) is 0 Å². The molecule has 1 aromatic carbocycles. The van der Waals surface area contributed by atoms with E-state index in [4.69, 9.17) is 28.9 Å².